The van der Waals surface area contributed by atoms with Crippen LogP contribution >= 0.6 is 0 Å². The van der Waals surface area contributed by atoms with E-state index in [1.54, 1.807) is 7.11 Å². The van der Waals surface area contributed by atoms with E-state index in [1.807, 2.05) is 0 Å². The van der Waals surface area contributed by atoms with Gasteiger partial charge in [0.15, 0.2) is 0 Å². The average molecular weight is 281 g/mol. The van der Waals surface area contributed by atoms with Crippen molar-refractivity contribution in [2.75, 3.05) is 7.11 Å². The summed E-state index contributed by atoms with van der Waals surface area (Å²) in [5.74, 6) is 0.961. The molecule has 0 atom stereocenters. The van der Waals surface area contributed by atoms with Gasteiger partial charge in [0.05, 0.1) is 7.11 Å². The number of nitrogens with one attached hydrogen (secondary N) is 1. The van der Waals surface area contributed by atoms with Gasteiger partial charge in [-0.05, 0) is 72.7 Å². The number of benzene rings is 2. The smallest absolute Gasteiger partial charge is 0.122 e. The Morgan fingerprint density at radius 3 is 2.62 bits per heavy atom. The lowest BCUT2D eigenvalue weighted by Gasteiger charge is -2.13. The minimum absolute atomic E-state index is 0.749. The van der Waals surface area contributed by atoms with E-state index in [-0.39, 0.29) is 0 Å². The lowest BCUT2D eigenvalue weighted by atomic mass is 9.96. The molecule has 1 aliphatic rings. The van der Waals surface area contributed by atoms with Gasteiger partial charge in [-0.3, -0.25) is 0 Å². The predicted octanol–water partition coefficient (Wildman–Crippen LogP) is 4.23. The topological polar surface area (TPSA) is 21.3 Å². The van der Waals surface area contributed by atoms with Gasteiger partial charge in [-0.1, -0.05) is 18.2 Å². The first-order valence-corrected chi connectivity index (χ1v) is 7.65. The third kappa shape index (κ3) is 3.27. The van der Waals surface area contributed by atoms with Crippen LogP contribution in [0.5, 0.6) is 5.75 Å². The van der Waals surface area contributed by atoms with E-state index in [9.17, 15) is 0 Å². The van der Waals surface area contributed by atoms with Crippen LogP contribution in [0.1, 0.15) is 29.5 Å². The average Bonchev–Trinajstić information content (AvgIpc) is 3.31. The summed E-state index contributed by atoms with van der Waals surface area (Å²) in [6.45, 7) is 5.21. The van der Waals surface area contributed by atoms with Crippen molar-refractivity contribution >= 4 is 0 Å². The normalized spacial score (nSPS) is 14.2. The fourth-order valence-corrected chi connectivity index (χ4v) is 2.72. The highest BCUT2D eigenvalue weighted by atomic mass is 16.5. The van der Waals surface area contributed by atoms with Crippen LogP contribution in [-0.4, -0.2) is 13.2 Å². The van der Waals surface area contributed by atoms with Crippen molar-refractivity contribution in [1.82, 2.24) is 5.32 Å². The lowest BCUT2D eigenvalue weighted by Crippen LogP contribution is -2.15. The fraction of sp³-hybridized carbons (Fsp3) is 0.368. The summed E-state index contributed by atoms with van der Waals surface area (Å²) in [4.78, 5) is 0. The zero-order valence-corrected chi connectivity index (χ0v) is 13.1. The summed E-state index contributed by atoms with van der Waals surface area (Å²) in [5, 5.41) is 3.58. The van der Waals surface area contributed by atoms with Gasteiger partial charge in [-0.2, -0.15) is 0 Å². The predicted molar refractivity (Wildman–Crippen MR) is 87.8 cm³/mol. The van der Waals surface area contributed by atoms with Crippen LogP contribution in [0.25, 0.3) is 11.1 Å². The molecule has 0 aliphatic heterocycles. The van der Waals surface area contributed by atoms with E-state index in [0.717, 1.165) is 18.3 Å². The second-order valence-corrected chi connectivity index (χ2v) is 5.99. The zero-order chi connectivity index (χ0) is 14.8. The van der Waals surface area contributed by atoms with Crippen molar-refractivity contribution in [3.8, 4) is 16.9 Å². The van der Waals surface area contributed by atoms with E-state index in [1.165, 1.54) is 40.7 Å². The van der Waals surface area contributed by atoms with Crippen molar-refractivity contribution < 1.29 is 4.74 Å². The maximum absolute atomic E-state index is 5.40. The number of aryl methyl sites for hydroxylation is 2. The molecule has 1 saturated carbocycles. The van der Waals surface area contributed by atoms with E-state index < -0.39 is 0 Å². The Morgan fingerprint density at radius 1 is 1.10 bits per heavy atom. The molecule has 1 N–H and O–H groups in total. The minimum atomic E-state index is 0.749. The van der Waals surface area contributed by atoms with E-state index in [2.05, 4.69) is 55.6 Å². The van der Waals surface area contributed by atoms with Crippen LogP contribution in [0.2, 0.25) is 0 Å². The van der Waals surface area contributed by atoms with E-state index >= 15 is 0 Å². The molecule has 2 aromatic carbocycles. The number of hydrogen-bond acceptors (Lipinski definition) is 2. The Kier molecular flexibility index (Phi) is 3.98. The highest BCUT2D eigenvalue weighted by Crippen LogP contribution is 2.30. The van der Waals surface area contributed by atoms with Crippen LogP contribution in [0.4, 0.5) is 0 Å². The summed E-state index contributed by atoms with van der Waals surface area (Å²) >= 11 is 0. The number of ether oxygens (including phenoxy) is 1. The van der Waals surface area contributed by atoms with Crippen LogP contribution in [0.15, 0.2) is 36.4 Å². The molecule has 1 fully saturated rings. The molecule has 0 saturated heterocycles. The standard InChI is InChI=1S/C19H23NO/c1-13-10-19(21-3)14(2)9-18(13)16-6-4-5-15(11-16)12-20-17-7-8-17/h4-6,9-11,17,20H,7-8,12H2,1-3H3. The number of methoxy groups -OCH3 is 1. The molecular formula is C19H23NO. The first-order chi connectivity index (χ1) is 10.2. The Bertz CT molecular complexity index is 644. The van der Waals surface area contributed by atoms with Crippen LogP contribution < -0.4 is 10.1 Å². The molecule has 2 aromatic rings. The molecule has 0 aromatic heterocycles. The molecule has 2 nitrogen and oxygen atoms in total. The van der Waals surface area contributed by atoms with Gasteiger partial charge in [0, 0.05) is 12.6 Å². The van der Waals surface area contributed by atoms with Crippen molar-refractivity contribution in [3.63, 3.8) is 0 Å². The summed E-state index contributed by atoms with van der Waals surface area (Å²) in [6.07, 6.45) is 2.66. The third-order valence-corrected chi connectivity index (χ3v) is 4.15. The van der Waals surface area contributed by atoms with Gasteiger partial charge in [0.25, 0.3) is 0 Å². The van der Waals surface area contributed by atoms with Crippen LogP contribution in [0.3, 0.4) is 0 Å². The monoisotopic (exact) mass is 281 g/mol. The maximum Gasteiger partial charge on any atom is 0.122 e. The SMILES string of the molecule is COc1cc(C)c(-c2cccc(CNC3CC3)c2)cc1C. The molecule has 0 bridgehead atoms. The van der Waals surface area contributed by atoms with Gasteiger partial charge < -0.3 is 10.1 Å². The molecule has 0 amide bonds. The molecule has 3 rings (SSSR count). The van der Waals surface area contributed by atoms with Gasteiger partial charge >= 0.3 is 0 Å². The largest absolute Gasteiger partial charge is 0.496 e. The summed E-state index contributed by atoms with van der Waals surface area (Å²) in [5.41, 5.74) is 6.37. The third-order valence-electron chi connectivity index (χ3n) is 4.15. The van der Waals surface area contributed by atoms with Crippen molar-refractivity contribution in [3.05, 3.63) is 53.1 Å². The first-order valence-electron chi connectivity index (χ1n) is 7.65. The van der Waals surface area contributed by atoms with Crippen molar-refractivity contribution in [1.29, 1.82) is 0 Å². The van der Waals surface area contributed by atoms with E-state index in [4.69, 9.17) is 4.74 Å². The van der Waals surface area contributed by atoms with Crippen LogP contribution in [-0.2, 0) is 6.54 Å². The van der Waals surface area contributed by atoms with Crippen LogP contribution in [0, 0.1) is 13.8 Å². The quantitative estimate of drug-likeness (QED) is 0.885. The van der Waals surface area contributed by atoms with Crippen molar-refractivity contribution in [2.45, 2.75) is 39.3 Å². The molecule has 0 radical (unpaired) electrons. The Labute approximate surface area is 127 Å². The Balaban J connectivity index is 1.88. The van der Waals surface area contributed by atoms with Gasteiger partial charge in [-0.15, -0.1) is 0 Å². The first kappa shape index (κ1) is 14.2. The molecule has 0 unspecified atom stereocenters. The molecule has 0 spiro atoms. The summed E-state index contributed by atoms with van der Waals surface area (Å²) in [6, 6.07) is 13.9. The zero-order valence-electron chi connectivity index (χ0n) is 13.1. The van der Waals surface area contributed by atoms with Gasteiger partial charge in [0.2, 0.25) is 0 Å². The Hall–Kier alpha value is -1.80. The molecule has 0 heterocycles. The maximum atomic E-state index is 5.40. The molecule has 110 valence electrons. The molecule has 21 heavy (non-hydrogen) atoms. The highest BCUT2D eigenvalue weighted by molar-refractivity contribution is 5.70. The number of rotatable bonds is 5. The number of hydrogen-bond donors (Lipinski definition) is 1. The minimum Gasteiger partial charge on any atom is -0.496 e. The Morgan fingerprint density at radius 2 is 1.90 bits per heavy atom. The van der Waals surface area contributed by atoms with E-state index in [0.29, 0.717) is 0 Å². The molecule has 2 heteroatoms. The van der Waals surface area contributed by atoms with Gasteiger partial charge in [0.1, 0.15) is 5.75 Å². The van der Waals surface area contributed by atoms with Gasteiger partial charge in [-0.25, -0.2) is 0 Å². The second-order valence-electron chi connectivity index (χ2n) is 5.99. The highest BCUT2D eigenvalue weighted by Gasteiger charge is 2.19. The summed E-state index contributed by atoms with van der Waals surface area (Å²) in [7, 11) is 1.73. The summed E-state index contributed by atoms with van der Waals surface area (Å²) < 4.78 is 5.40. The van der Waals surface area contributed by atoms with Crippen molar-refractivity contribution in [2.24, 2.45) is 0 Å². The fourth-order valence-electron chi connectivity index (χ4n) is 2.72. The second kappa shape index (κ2) is 5.90. The lowest BCUT2D eigenvalue weighted by molar-refractivity contribution is 0.411. The molecule has 1 aliphatic carbocycles. The molecular weight excluding hydrogens is 258 g/mol.